The molecular formula is C14H20N2O2S2. The number of carbonyl (C=O) groups excluding carboxylic acids is 1. The Morgan fingerprint density at radius 3 is 2.45 bits per heavy atom. The molecule has 1 fully saturated rings. The first-order chi connectivity index (χ1) is 9.54. The summed E-state index contributed by atoms with van der Waals surface area (Å²) in [6, 6.07) is 6.88. The average molecular weight is 312 g/mol. The smallest absolute Gasteiger partial charge is 0.319 e. The first-order valence-electron chi connectivity index (χ1n) is 6.58. The van der Waals surface area contributed by atoms with Crippen LogP contribution in [0.15, 0.2) is 29.2 Å². The number of hydrogen-bond acceptors (Lipinski definition) is 3. The molecule has 1 aromatic rings. The maximum atomic E-state index is 11.8. The fourth-order valence-corrected chi connectivity index (χ4v) is 3.60. The van der Waals surface area contributed by atoms with Gasteiger partial charge in [-0.15, -0.1) is 0 Å². The summed E-state index contributed by atoms with van der Waals surface area (Å²) < 4.78 is 11.5. The van der Waals surface area contributed by atoms with Crippen molar-refractivity contribution in [1.29, 1.82) is 0 Å². The number of amides is 2. The molecule has 0 spiro atoms. The molecule has 20 heavy (non-hydrogen) atoms. The first-order valence-corrected chi connectivity index (χ1v) is 9.36. The highest BCUT2D eigenvalue weighted by molar-refractivity contribution is 8.00. The van der Waals surface area contributed by atoms with Crippen molar-refractivity contribution in [1.82, 2.24) is 5.32 Å². The van der Waals surface area contributed by atoms with Crippen molar-refractivity contribution >= 4 is 34.3 Å². The minimum absolute atomic E-state index is 0.185. The highest BCUT2D eigenvalue weighted by Crippen LogP contribution is 2.42. The Hall–Kier alpha value is -1.01. The SMILES string of the molecule is CSC1(CNC(=O)Nc2ccc([S@@](C)=O)cc2)CCC1. The zero-order chi connectivity index (χ0) is 14.6. The summed E-state index contributed by atoms with van der Waals surface area (Å²) >= 11 is 1.84. The summed E-state index contributed by atoms with van der Waals surface area (Å²) in [5, 5.41) is 5.73. The van der Waals surface area contributed by atoms with E-state index in [1.54, 1.807) is 30.5 Å². The van der Waals surface area contributed by atoms with Crippen LogP contribution in [0.3, 0.4) is 0 Å². The van der Waals surface area contributed by atoms with Gasteiger partial charge in [0.05, 0.1) is 0 Å². The minimum Gasteiger partial charge on any atom is -0.336 e. The largest absolute Gasteiger partial charge is 0.336 e. The number of benzene rings is 1. The van der Waals surface area contributed by atoms with E-state index < -0.39 is 10.8 Å². The molecule has 0 saturated heterocycles. The molecule has 1 aliphatic rings. The molecule has 4 nitrogen and oxygen atoms in total. The third-order valence-corrected chi connectivity index (χ3v) is 6.07. The second-order valence-corrected chi connectivity index (χ2v) is 7.68. The maximum absolute atomic E-state index is 11.8. The lowest BCUT2D eigenvalue weighted by Crippen LogP contribution is -2.46. The van der Waals surface area contributed by atoms with Crippen molar-refractivity contribution in [3.63, 3.8) is 0 Å². The Balaban J connectivity index is 1.83. The fraction of sp³-hybridized carbons (Fsp3) is 0.500. The normalized spacial score (nSPS) is 17.9. The summed E-state index contributed by atoms with van der Waals surface area (Å²) in [6.45, 7) is 0.705. The molecule has 2 amide bonds. The second-order valence-electron chi connectivity index (χ2n) is 5.03. The molecule has 110 valence electrons. The van der Waals surface area contributed by atoms with Crippen LogP contribution in [0.2, 0.25) is 0 Å². The third kappa shape index (κ3) is 3.76. The van der Waals surface area contributed by atoms with Gasteiger partial charge in [-0.3, -0.25) is 4.21 Å². The van der Waals surface area contributed by atoms with E-state index in [1.807, 2.05) is 11.8 Å². The Kier molecular flexibility index (Phi) is 5.10. The van der Waals surface area contributed by atoms with Gasteiger partial charge in [0.1, 0.15) is 0 Å². The molecule has 1 atom stereocenters. The lowest BCUT2D eigenvalue weighted by atomic mass is 9.84. The summed E-state index contributed by atoms with van der Waals surface area (Å²) in [7, 11) is -0.991. The van der Waals surface area contributed by atoms with Gasteiger partial charge in [0, 0.05) is 38.9 Å². The average Bonchev–Trinajstić information content (AvgIpc) is 2.38. The van der Waals surface area contributed by atoms with Crippen molar-refractivity contribution in [2.75, 3.05) is 24.4 Å². The number of rotatable bonds is 5. The first kappa shape index (κ1) is 15.4. The van der Waals surface area contributed by atoms with E-state index in [-0.39, 0.29) is 10.8 Å². The molecule has 1 saturated carbocycles. The maximum Gasteiger partial charge on any atom is 0.319 e. The Morgan fingerprint density at radius 1 is 1.35 bits per heavy atom. The summed E-state index contributed by atoms with van der Waals surface area (Å²) in [5.74, 6) is 0. The highest BCUT2D eigenvalue weighted by Gasteiger charge is 2.36. The van der Waals surface area contributed by atoms with Gasteiger partial charge in [-0.2, -0.15) is 11.8 Å². The number of nitrogens with one attached hydrogen (secondary N) is 2. The fourth-order valence-electron chi connectivity index (χ4n) is 2.17. The minimum atomic E-state index is -0.991. The Labute approximate surface area is 126 Å². The summed E-state index contributed by atoms with van der Waals surface area (Å²) in [4.78, 5) is 12.6. The van der Waals surface area contributed by atoms with Crippen LogP contribution in [-0.2, 0) is 10.8 Å². The molecule has 0 aliphatic heterocycles. The monoisotopic (exact) mass is 312 g/mol. The van der Waals surface area contributed by atoms with Crippen LogP contribution in [0.4, 0.5) is 10.5 Å². The predicted molar refractivity (Wildman–Crippen MR) is 85.9 cm³/mol. The molecule has 0 bridgehead atoms. The van der Waals surface area contributed by atoms with Gasteiger partial charge in [-0.1, -0.05) is 6.42 Å². The zero-order valence-electron chi connectivity index (χ0n) is 11.8. The number of hydrogen-bond donors (Lipinski definition) is 2. The molecule has 0 unspecified atom stereocenters. The number of thioether (sulfide) groups is 1. The van der Waals surface area contributed by atoms with Gasteiger partial charge < -0.3 is 10.6 Å². The van der Waals surface area contributed by atoms with Gasteiger partial charge in [0.15, 0.2) is 0 Å². The van der Waals surface area contributed by atoms with Crippen LogP contribution in [0.1, 0.15) is 19.3 Å². The van der Waals surface area contributed by atoms with Crippen LogP contribution in [-0.4, -0.2) is 34.0 Å². The van der Waals surface area contributed by atoms with Crippen molar-refractivity contribution in [2.45, 2.75) is 28.9 Å². The number of anilines is 1. The molecule has 0 aromatic heterocycles. The molecule has 6 heteroatoms. The summed E-state index contributed by atoms with van der Waals surface area (Å²) in [5.41, 5.74) is 0.712. The molecule has 1 aliphatic carbocycles. The van der Waals surface area contributed by atoms with E-state index in [2.05, 4.69) is 16.9 Å². The van der Waals surface area contributed by atoms with Crippen LogP contribution in [0.25, 0.3) is 0 Å². The third-order valence-electron chi connectivity index (χ3n) is 3.71. The predicted octanol–water partition coefficient (Wildman–Crippen LogP) is 2.83. The van der Waals surface area contributed by atoms with Crippen molar-refractivity contribution in [2.24, 2.45) is 0 Å². The van der Waals surface area contributed by atoms with E-state index >= 15 is 0 Å². The Bertz CT molecular complexity index is 493. The van der Waals surface area contributed by atoms with Crippen molar-refractivity contribution < 1.29 is 9.00 Å². The van der Waals surface area contributed by atoms with E-state index in [0.717, 1.165) is 4.90 Å². The second kappa shape index (κ2) is 6.63. The lowest BCUT2D eigenvalue weighted by Gasteiger charge is -2.40. The van der Waals surface area contributed by atoms with E-state index in [9.17, 15) is 9.00 Å². The molecule has 2 rings (SSSR count). The summed E-state index contributed by atoms with van der Waals surface area (Å²) in [6.07, 6.45) is 7.33. The standard InChI is InChI=1S/C14H20N2O2S2/c1-19-14(8-3-9-14)10-15-13(17)16-11-4-6-12(7-5-11)20(2)18/h4-7H,3,8-10H2,1-2H3,(H2,15,16,17)/t20-/m1/s1. The molecule has 2 N–H and O–H groups in total. The van der Waals surface area contributed by atoms with E-state index in [1.165, 1.54) is 19.3 Å². The van der Waals surface area contributed by atoms with Crippen LogP contribution >= 0.6 is 11.8 Å². The Morgan fingerprint density at radius 2 is 2.00 bits per heavy atom. The lowest BCUT2D eigenvalue weighted by molar-refractivity contribution is 0.247. The topological polar surface area (TPSA) is 58.2 Å². The van der Waals surface area contributed by atoms with Gasteiger partial charge in [0.25, 0.3) is 0 Å². The van der Waals surface area contributed by atoms with Crippen LogP contribution in [0.5, 0.6) is 0 Å². The molecule has 0 heterocycles. The highest BCUT2D eigenvalue weighted by atomic mass is 32.2. The number of carbonyl (C=O) groups is 1. The van der Waals surface area contributed by atoms with E-state index in [0.29, 0.717) is 12.2 Å². The van der Waals surface area contributed by atoms with Gasteiger partial charge in [-0.05, 0) is 43.4 Å². The zero-order valence-corrected chi connectivity index (χ0v) is 13.4. The van der Waals surface area contributed by atoms with Crippen molar-refractivity contribution in [3.05, 3.63) is 24.3 Å². The van der Waals surface area contributed by atoms with Gasteiger partial charge in [0.2, 0.25) is 0 Å². The quantitative estimate of drug-likeness (QED) is 0.879. The van der Waals surface area contributed by atoms with Crippen LogP contribution in [0, 0.1) is 0 Å². The van der Waals surface area contributed by atoms with Gasteiger partial charge in [-0.25, -0.2) is 4.79 Å². The van der Waals surface area contributed by atoms with E-state index in [4.69, 9.17) is 0 Å². The number of urea groups is 1. The molecular weight excluding hydrogens is 292 g/mol. The molecule has 0 radical (unpaired) electrons. The van der Waals surface area contributed by atoms with Crippen LogP contribution < -0.4 is 10.6 Å². The molecule has 1 aromatic carbocycles. The van der Waals surface area contributed by atoms with Crippen molar-refractivity contribution in [3.8, 4) is 0 Å². The van der Waals surface area contributed by atoms with Gasteiger partial charge >= 0.3 is 6.03 Å².